The van der Waals surface area contributed by atoms with Crippen LogP contribution in [0.2, 0.25) is 0 Å². The summed E-state index contributed by atoms with van der Waals surface area (Å²) >= 11 is 7.76. The van der Waals surface area contributed by atoms with E-state index in [2.05, 4.69) is 54.5 Å². The summed E-state index contributed by atoms with van der Waals surface area (Å²) < 4.78 is 1.23. The number of halogens is 1. The van der Waals surface area contributed by atoms with Crippen molar-refractivity contribution in [2.45, 2.75) is 20.3 Å². The van der Waals surface area contributed by atoms with Crippen molar-refractivity contribution in [1.29, 1.82) is 0 Å². The van der Waals surface area contributed by atoms with Gasteiger partial charge in [-0.05, 0) is 42.7 Å². The van der Waals surface area contributed by atoms with E-state index in [1.165, 1.54) is 21.2 Å². The number of hydrogen-bond donors (Lipinski definition) is 1. The van der Waals surface area contributed by atoms with Gasteiger partial charge in [-0.15, -0.1) is 0 Å². The van der Waals surface area contributed by atoms with Gasteiger partial charge < -0.3 is 0 Å². The minimum Gasteiger partial charge on any atom is -0.179 e. The maximum atomic E-state index is 4.21. The van der Waals surface area contributed by atoms with Crippen LogP contribution in [0.1, 0.15) is 16.7 Å². The Labute approximate surface area is 87.9 Å². The fraction of sp³-hybridized carbons (Fsp3) is 0.400. The fourth-order valence-corrected chi connectivity index (χ4v) is 1.80. The van der Waals surface area contributed by atoms with Gasteiger partial charge in [-0.3, -0.25) is 0 Å². The Morgan fingerprint density at radius 1 is 1.25 bits per heavy atom. The quantitative estimate of drug-likeness (QED) is 0.757. The summed E-state index contributed by atoms with van der Waals surface area (Å²) in [4.78, 5) is 0. The zero-order valence-corrected chi connectivity index (χ0v) is 9.87. The molecule has 1 aromatic rings. The van der Waals surface area contributed by atoms with E-state index in [9.17, 15) is 0 Å². The molecule has 0 saturated carbocycles. The number of thiol groups is 1. The van der Waals surface area contributed by atoms with Crippen LogP contribution in [0.4, 0.5) is 0 Å². The van der Waals surface area contributed by atoms with Crippen molar-refractivity contribution in [2.24, 2.45) is 0 Å². The molecule has 0 unspecified atom stereocenters. The second-order valence-corrected chi connectivity index (χ2v) is 4.26. The molecule has 0 bridgehead atoms. The molecule has 0 N–H and O–H groups in total. The van der Waals surface area contributed by atoms with Gasteiger partial charge >= 0.3 is 0 Å². The monoisotopic (exact) mass is 244 g/mol. The largest absolute Gasteiger partial charge is 0.179 e. The van der Waals surface area contributed by atoms with E-state index in [-0.39, 0.29) is 0 Å². The van der Waals surface area contributed by atoms with E-state index in [1.54, 1.807) is 0 Å². The third-order valence-electron chi connectivity index (χ3n) is 1.90. The average Bonchev–Trinajstić information content (AvgIpc) is 2.01. The minimum absolute atomic E-state index is 0.917. The van der Waals surface area contributed by atoms with Gasteiger partial charge in [0.1, 0.15) is 0 Å². The predicted molar refractivity (Wildman–Crippen MR) is 61.2 cm³/mol. The zero-order valence-electron chi connectivity index (χ0n) is 7.39. The average molecular weight is 245 g/mol. The molecule has 0 aliphatic rings. The normalized spacial score (nSPS) is 10.3. The van der Waals surface area contributed by atoms with Crippen LogP contribution in [-0.4, -0.2) is 5.75 Å². The van der Waals surface area contributed by atoms with Crippen LogP contribution >= 0.6 is 28.6 Å². The van der Waals surface area contributed by atoms with Crippen molar-refractivity contribution >= 4 is 28.6 Å². The highest BCUT2D eigenvalue weighted by Crippen LogP contribution is 2.22. The van der Waals surface area contributed by atoms with Gasteiger partial charge in [-0.25, -0.2) is 0 Å². The van der Waals surface area contributed by atoms with Crippen LogP contribution in [0.25, 0.3) is 0 Å². The lowest BCUT2D eigenvalue weighted by atomic mass is 10.1. The summed E-state index contributed by atoms with van der Waals surface area (Å²) in [6, 6.07) is 4.43. The molecule has 12 heavy (non-hydrogen) atoms. The van der Waals surface area contributed by atoms with Crippen molar-refractivity contribution < 1.29 is 0 Å². The van der Waals surface area contributed by atoms with Crippen molar-refractivity contribution in [3.05, 3.63) is 33.3 Å². The van der Waals surface area contributed by atoms with Crippen LogP contribution in [0.15, 0.2) is 16.6 Å². The molecular formula is C10H13BrS. The molecule has 1 aromatic carbocycles. The fourth-order valence-electron chi connectivity index (χ4n) is 1.31. The van der Waals surface area contributed by atoms with E-state index < -0.39 is 0 Å². The molecule has 0 atom stereocenters. The number of hydrogen-bond acceptors (Lipinski definition) is 1. The number of aryl methyl sites for hydroxylation is 3. The van der Waals surface area contributed by atoms with Gasteiger partial charge in [0.05, 0.1) is 0 Å². The molecule has 0 radical (unpaired) electrons. The first-order valence-corrected chi connectivity index (χ1v) is 5.44. The molecule has 1 rings (SSSR count). The van der Waals surface area contributed by atoms with Crippen LogP contribution in [0.3, 0.4) is 0 Å². The Morgan fingerprint density at radius 3 is 2.17 bits per heavy atom. The van der Waals surface area contributed by atoms with Crippen LogP contribution < -0.4 is 0 Å². The summed E-state index contributed by atoms with van der Waals surface area (Å²) in [6.45, 7) is 4.25. The zero-order chi connectivity index (χ0) is 9.14. The van der Waals surface area contributed by atoms with Crippen molar-refractivity contribution in [3.8, 4) is 0 Å². The molecule has 0 aliphatic heterocycles. The lowest BCUT2D eigenvalue weighted by Gasteiger charge is -2.06. The van der Waals surface area contributed by atoms with E-state index in [0.717, 1.165) is 12.2 Å². The van der Waals surface area contributed by atoms with Gasteiger partial charge in [0, 0.05) is 4.47 Å². The molecule has 0 aromatic heterocycles. The van der Waals surface area contributed by atoms with E-state index in [0.29, 0.717) is 0 Å². The molecule has 0 saturated heterocycles. The highest BCUT2D eigenvalue weighted by atomic mass is 79.9. The van der Waals surface area contributed by atoms with Crippen molar-refractivity contribution in [2.75, 3.05) is 5.75 Å². The Morgan fingerprint density at radius 2 is 1.75 bits per heavy atom. The summed E-state index contributed by atoms with van der Waals surface area (Å²) in [6.07, 6.45) is 1.05. The molecule has 66 valence electrons. The second kappa shape index (κ2) is 4.33. The lowest BCUT2D eigenvalue weighted by molar-refractivity contribution is 1.13. The molecule has 0 nitrogen and oxygen atoms in total. The molecule has 0 amide bonds. The van der Waals surface area contributed by atoms with Gasteiger partial charge in [0.15, 0.2) is 0 Å². The third-order valence-corrected chi connectivity index (χ3v) is 3.37. The Hall–Kier alpha value is 0.0500. The van der Waals surface area contributed by atoms with Gasteiger partial charge in [0.2, 0.25) is 0 Å². The first-order valence-electron chi connectivity index (χ1n) is 4.01. The Balaban J connectivity index is 3.04. The van der Waals surface area contributed by atoms with E-state index >= 15 is 0 Å². The smallest absolute Gasteiger partial charge is 0.0233 e. The van der Waals surface area contributed by atoms with E-state index in [1.807, 2.05) is 0 Å². The maximum Gasteiger partial charge on any atom is 0.0233 e. The number of rotatable bonds is 2. The summed E-state index contributed by atoms with van der Waals surface area (Å²) in [5.41, 5.74) is 4.00. The minimum atomic E-state index is 0.917. The summed E-state index contributed by atoms with van der Waals surface area (Å²) in [7, 11) is 0. The summed E-state index contributed by atoms with van der Waals surface area (Å²) in [5, 5.41) is 0. The maximum absolute atomic E-state index is 4.21. The molecule has 0 heterocycles. The van der Waals surface area contributed by atoms with Gasteiger partial charge in [-0.1, -0.05) is 28.1 Å². The van der Waals surface area contributed by atoms with Crippen LogP contribution in [0.5, 0.6) is 0 Å². The van der Waals surface area contributed by atoms with Crippen LogP contribution in [-0.2, 0) is 6.42 Å². The molecule has 0 spiro atoms. The standard InChI is InChI=1S/C10H13BrS/c1-7-5-9(3-4-12)6-8(2)10(7)11/h5-6,12H,3-4H2,1-2H3. The number of benzene rings is 1. The first kappa shape index (κ1) is 10.1. The van der Waals surface area contributed by atoms with Gasteiger partial charge in [0.25, 0.3) is 0 Å². The molecule has 2 heteroatoms. The molecule has 0 aliphatic carbocycles. The topological polar surface area (TPSA) is 0 Å². The van der Waals surface area contributed by atoms with E-state index in [4.69, 9.17) is 0 Å². The van der Waals surface area contributed by atoms with Crippen molar-refractivity contribution in [1.82, 2.24) is 0 Å². The third kappa shape index (κ3) is 2.27. The SMILES string of the molecule is Cc1cc(CCS)cc(C)c1Br. The molecule has 0 fully saturated rings. The highest BCUT2D eigenvalue weighted by molar-refractivity contribution is 9.10. The second-order valence-electron chi connectivity index (χ2n) is 3.02. The first-order chi connectivity index (χ1) is 5.65. The Bertz CT molecular complexity index is 258. The van der Waals surface area contributed by atoms with Gasteiger partial charge in [-0.2, -0.15) is 12.6 Å². The van der Waals surface area contributed by atoms with Crippen LogP contribution in [0, 0.1) is 13.8 Å². The van der Waals surface area contributed by atoms with Crippen molar-refractivity contribution in [3.63, 3.8) is 0 Å². The predicted octanol–water partition coefficient (Wildman–Crippen LogP) is 3.54. The summed E-state index contributed by atoms with van der Waals surface area (Å²) in [5.74, 6) is 0.917. The molecular weight excluding hydrogens is 232 g/mol. The lowest BCUT2D eigenvalue weighted by Crippen LogP contribution is -1.90. The highest BCUT2D eigenvalue weighted by Gasteiger charge is 2.00. The Kier molecular flexibility index (Phi) is 3.66.